The number of fused-ring (bicyclic) bond motifs is 1. The van der Waals surface area contributed by atoms with Crippen LogP contribution in [-0.4, -0.2) is 42.1 Å². The predicted octanol–water partition coefficient (Wildman–Crippen LogP) is 4.22. The van der Waals surface area contributed by atoms with Crippen molar-refractivity contribution in [2.24, 2.45) is 11.8 Å². The summed E-state index contributed by atoms with van der Waals surface area (Å²) >= 11 is 0. The number of benzene rings is 1. The topological polar surface area (TPSA) is 42.4 Å². The van der Waals surface area contributed by atoms with Crippen LogP contribution in [-0.2, 0) is 16.0 Å². The Morgan fingerprint density at radius 1 is 1.07 bits per heavy atom. The molecular formula is C23H30N2O2. The number of carbonyl (C=O) groups is 1. The number of likely N-dealkylation sites (tertiary alicyclic amines) is 1. The van der Waals surface area contributed by atoms with Crippen LogP contribution in [0.4, 0.5) is 0 Å². The highest BCUT2D eigenvalue weighted by Gasteiger charge is 2.24. The van der Waals surface area contributed by atoms with E-state index in [0.717, 1.165) is 63.9 Å². The molecule has 27 heavy (non-hydrogen) atoms. The molecular weight excluding hydrogens is 336 g/mol. The Kier molecular flexibility index (Phi) is 6.03. The SMILES string of the molecule is O=C(CC1CCOCC1)N1CCC[C@H](Cc2cnc3ccccc3c2)CC1. The van der Waals surface area contributed by atoms with Gasteiger partial charge in [-0.25, -0.2) is 0 Å². The first-order valence-electron chi connectivity index (χ1n) is 10.5. The summed E-state index contributed by atoms with van der Waals surface area (Å²) in [4.78, 5) is 19.4. The molecule has 3 heterocycles. The maximum atomic E-state index is 12.7. The molecule has 2 saturated heterocycles. The van der Waals surface area contributed by atoms with Gasteiger partial charge in [-0.05, 0) is 68.1 Å². The Hall–Kier alpha value is -1.94. The third-order valence-electron chi connectivity index (χ3n) is 6.18. The Morgan fingerprint density at radius 3 is 2.81 bits per heavy atom. The number of pyridine rings is 1. The fourth-order valence-electron chi connectivity index (χ4n) is 4.51. The first-order valence-corrected chi connectivity index (χ1v) is 10.5. The molecule has 144 valence electrons. The van der Waals surface area contributed by atoms with Crippen LogP contribution in [0.3, 0.4) is 0 Å². The Balaban J connectivity index is 1.31. The summed E-state index contributed by atoms with van der Waals surface area (Å²) in [5.74, 6) is 1.53. The number of para-hydroxylation sites is 1. The maximum Gasteiger partial charge on any atom is 0.222 e. The van der Waals surface area contributed by atoms with Crippen molar-refractivity contribution in [3.63, 3.8) is 0 Å². The summed E-state index contributed by atoms with van der Waals surface area (Å²) in [5.41, 5.74) is 2.38. The molecule has 1 atom stereocenters. The first-order chi connectivity index (χ1) is 13.3. The average Bonchev–Trinajstić information content (AvgIpc) is 2.94. The molecule has 0 aliphatic carbocycles. The van der Waals surface area contributed by atoms with Crippen molar-refractivity contribution in [1.82, 2.24) is 9.88 Å². The van der Waals surface area contributed by atoms with Crippen molar-refractivity contribution in [3.8, 4) is 0 Å². The van der Waals surface area contributed by atoms with Crippen LogP contribution in [0.2, 0.25) is 0 Å². The second kappa shape index (κ2) is 8.83. The highest BCUT2D eigenvalue weighted by atomic mass is 16.5. The van der Waals surface area contributed by atoms with Gasteiger partial charge in [-0.3, -0.25) is 9.78 Å². The van der Waals surface area contributed by atoms with Gasteiger partial charge in [0.2, 0.25) is 5.91 Å². The molecule has 0 bridgehead atoms. The van der Waals surface area contributed by atoms with Gasteiger partial charge in [0.1, 0.15) is 0 Å². The van der Waals surface area contributed by atoms with Crippen LogP contribution in [0, 0.1) is 11.8 Å². The quantitative estimate of drug-likeness (QED) is 0.813. The third-order valence-corrected chi connectivity index (χ3v) is 6.18. The lowest BCUT2D eigenvalue weighted by Gasteiger charge is -2.26. The maximum absolute atomic E-state index is 12.7. The summed E-state index contributed by atoms with van der Waals surface area (Å²) in [6.07, 6.45) is 9.31. The van der Waals surface area contributed by atoms with Gasteiger partial charge in [0.15, 0.2) is 0 Å². The minimum atomic E-state index is 0.356. The van der Waals surface area contributed by atoms with E-state index in [1.54, 1.807) is 0 Å². The molecule has 1 aromatic carbocycles. The van der Waals surface area contributed by atoms with Crippen molar-refractivity contribution < 1.29 is 9.53 Å². The van der Waals surface area contributed by atoms with Crippen LogP contribution >= 0.6 is 0 Å². The molecule has 0 spiro atoms. The van der Waals surface area contributed by atoms with Gasteiger partial charge >= 0.3 is 0 Å². The number of hydrogen-bond donors (Lipinski definition) is 0. The lowest BCUT2D eigenvalue weighted by atomic mass is 9.93. The summed E-state index contributed by atoms with van der Waals surface area (Å²) in [6, 6.07) is 10.6. The minimum absolute atomic E-state index is 0.356. The molecule has 2 aromatic rings. The van der Waals surface area contributed by atoms with Crippen LogP contribution in [0.1, 0.15) is 44.1 Å². The van der Waals surface area contributed by atoms with E-state index in [2.05, 4.69) is 34.1 Å². The Bertz CT molecular complexity index is 770. The number of hydrogen-bond acceptors (Lipinski definition) is 3. The summed E-state index contributed by atoms with van der Waals surface area (Å²) in [5, 5.41) is 1.22. The molecule has 1 amide bonds. The average molecular weight is 367 g/mol. The van der Waals surface area contributed by atoms with Crippen LogP contribution < -0.4 is 0 Å². The number of nitrogens with zero attached hydrogens (tertiary/aromatic N) is 2. The summed E-state index contributed by atoms with van der Waals surface area (Å²) in [7, 11) is 0. The van der Waals surface area contributed by atoms with E-state index in [9.17, 15) is 4.79 Å². The van der Waals surface area contributed by atoms with Crippen LogP contribution in [0.5, 0.6) is 0 Å². The van der Waals surface area contributed by atoms with Gasteiger partial charge < -0.3 is 9.64 Å². The molecule has 2 aliphatic heterocycles. The lowest BCUT2D eigenvalue weighted by Crippen LogP contribution is -2.34. The van der Waals surface area contributed by atoms with Crippen molar-refractivity contribution in [2.75, 3.05) is 26.3 Å². The molecule has 0 unspecified atom stereocenters. The molecule has 2 fully saturated rings. The fourth-order valence-corrected chi connectivity index (χ4v) is 4.51. The van der Waals surface area contributed by atoms with E-state index in [1.807, 2.05) is 12.3 Å². The molecule has 4 rings (SSSR count). The van der Waals surface area contributed by atoms with Crippen molar-refractivity contribution in [3.05, 3.63) is 42.1 Å². The molecule has 2 aliphatic rings. The molecule has 1 aromatic heterocycles. The minimum Gasteiger partial charge on any atom is -0.381 e. The van der Waals surface area contributed by atoms with E-state index in [4.69, 9.17) is 4.74 Å². The van der Waals surface area contributed by atoms with E-state index in [0.29, 0.717) is 24.2 Å². The third kappa shape index (κ3) is 4.86. The summed E-state index contributed by atoms with van der Waals surface area (Å²) < 4.78 is 5.41. The molecule has 4 nitrogen and oxygen atoms in total. The standard InChI is InChI=1S/C23H30N2O2/c26-23(16-19-8-12-27-13-9-19)25-10-3-4-18(7-11-25)14-20-15-21-5-1-2-6-22(21)24-17-20/h1-2,5-6,15,17-19H,3-4,7-14,16H2/t18-/m0/s1. The van der Waals surface area contributed by atoms with Gasteiger partial charge in [-0.15, -0.1) is 0 Å². The van der Waals surface area contributed by atoms with E-state index in [-0.39, 0.29) is 0 Å². The Morgan fingerprint density at radius 2 is 1.93 bits per heavy atom. The number of carbonyl (C=O) groups excluding carboxylic acids is 1. The second-order valence-electron chi connectivity index (χ2n) is 8.18. The highest BCUT2D eigenvalue weighted by molar-refractivity contribution is 5.78. The predicted molar refractivity (Wildman–Crippen MR) is 108 cm³/mol. The Labute approximate surface area is 161 Å². The number of ether oxygens (including phenoxy) is 1. The molecule has 0 saturated carbocycles. The normalized spacial score (nSPS) is 21.9. The van der Waals surface area contributed by atoms with E-state index < -0.39 is 0 Å². The number of aromatic nitrogens is 1. The van der Waals surface area contributed by atoms with Crippen LogP contribution in [0.25, 0.3) is 10.9 Å². The van der Waals surface area contributed by atoms with Gasteiger partial charge in [0.05, 0.1) is 5.52 Å². The van der Waals surface area contributed by atoms with Crippen molar-refractivity contribution in [1.29, 1.82) is 0 Å². The van der Waals surface area contributed by atoms with Gasteiger partial charge in [0.25, 0.3) is 0 Å². The zero-order valence-corrected chi connectivity index (χ0v) is 16.1. The molecule has 0 radical (unpaired) electrons. The van der Waals surface area contributed by atoms with Gasteiger partial charge in [-0.1, -0.05) is 18.2 Å². The number of amides is 1. The zero-order valence-electron chi connectivity index (χ0n) is 16.1. The zero-order chi connectivity index (χ0) is 18.5. The second-order valence-corrected chi connectivity index (χ2v) is 8.18. The van der Waals surface area contributed by atoms with Crippen LogP contribution in [0.15, 0.2) is 36.5 Å². The largest absolute Gasteiger partial charge is 0.381 e. The van der Waals surface area contributed by atoms with E-state index in [1.165, 1.54) is 17.4 Å². The molecule has 4 heteroatoms. The first kappa shape index (κ1) is 18.4. The smallest absolute Gasteiger partial charge is 0.222 e. The van der Waals surface area contributed by atoms with Gasteiger partial charge in [0, 0.05) is 44.3 Å². The molecule has 0 N–H and O–H groups in total. The summed E-state index contributed by atoms with van der Waals surface area (Å²) in [6.45, 7) is 3.47. The monoisotopic (exact) mass is 366 g/mol. The number of rotatable bonds is 4. The fraction of sp³-hybridized carbons (Fsp3) is 0.565. The van der Waals surface area contributed by atoms with Crippen molar-refractivity contribution in [2.45, 2.75) is 44.9 Å². The van der Waals surface area contributed by atoms with Gasteiger partial charge in [-0.2, -0.15) is 0 Å². The lowest BCUT2D eigenvalue weighted by molar-refractivity contribution is -0.132. The van der Waals surface area contributed by atoms with Crippen molar-refractivity contribution >= 4 is 16.8 Å². The highest BCUT2D eigenvalue weighted by Crippen LogP contribution is 2.25. The van der Waals surface area contributed by atoms with E-state index >= 15 is 0 Å².